The third kappa shape index (κ3) is 8.03. The van der Waals surface area contributed by atoms with Crippen molar-refractivity contribution >= 4 is 5.91 Å². The lowest BCUT2D eigenvalue weighted by Crippen LogP contribution is -2.48. The van der Waals surface area contributed by atoms with Crippen molar-refractivity contribution in [3.05, 3.63) is 106 Å². The molecule has 0 spiro atoms. The maximum absolute atomic E-state index is 14.0. The van der Waals surface area contributed by atoms with Gasteiger partial charge in [0.1, 0.15) is 11.6 Å². The normalized spacial score (nSPS) is 15.6. The van der Waals surface area contributed by atoms with Crippen LogP contribution in [0.1, 0.15) is 84.6 Å². The number of aryl methyl sites for hydroxylation is 1. The van der Waals surface area contributed by atoms with E-state index in [2.05, 4.69) is 43.5 Å². The van der Waals surface area contributed by atoms with Crippen molar-refractivity contribution in [1.29, 1.82) is 0 Å². The van der Waals surface area contributed by atoms with E-state index < -0.39 is 29.4 Å². The van der Waals surface area contributed by atoms with Gasteiger partial charge in [-0.3, -0.25) is 4.79 Å². The molecule has 4 rings (SSSR count). The molecule has 226 valence electrons. The number of ether oxygens (including phenoxy) is 1. The zero-order valence-corrected chi connectivity index (χ0v) is 25.0. The number of rotatable bonds is 14. The lowest BCUT2D eigenvalue weighted by molar-refractivity contribution is -0.0736. The lowest BCUT2D eigenvalue weighted by Gasteiger charge is -2.39. The first-order chi connectivity index (χ1) is 20.3. The first kappa shape index (κ1) is 31.8. The Morgan fingerprint density at radius 3 is 2.36 bits per heavy atom. The summed E-state index contributed by atoms with van der Waals surface area (Å²) in [5, 5.41) is 17.5. The van der Waals surface area contributed by atoms with Crippen LogP contribution in [-0.2, 0) is 36.1 Å². The van der Waals surface area contributed by atoms with Gasteiger partial charge in [-0.15, -0.1) is 0 Å². The molecule has 3 aromatic rings. The molecule has 42 heavy (non-hydrogen) atoms. The fourth-order valence-electron chi connectivity index (χ4n) is 6.12. The average Bonchev–Trinajstić information content (AvgIpc) is 2.96. The molecule has 0 fully saturated rings. The van der Waals surface area contributed by atoms with Gasteiger partial charge in [0, 0.05) is 24.7 Å². The van der Waals surface area contributed by atoms with E-state index in [0.29, 0.717) is 24.3 Å². The number of aliphatic hydroxyl groups is 1. The predicted octanol–water partition coefficient (Wildman–Crippen LogP) is 6.39. The highest BCUT2D eigenvalue weighted by Crippen LogP contribution is 2.41. The summed E-state index contributed by atoms with van der Waals surface area (Å²) in [6.07, 6.45) is 4.46. The molecule has 7 heteroatoms. The molecule has 0 bridgehead atoms. The molecule has 5 nitrogen and oxygen atoms in total. The second kappa shape index (κ2) is 14.9. The number of halogens is 2. The van der Waals surface area contributed by atoms with Gasteiger partial charge in [-0.1, -0.05) is 63.9 Å². The zero-order chi connectivity index (χ0) is 30.1. The number of carbonyl (C=O) groups is 1. The largest absolute Gasteiger partial charge is 0.390 e. The van der Waals surface area contributed by atoms with Crippen molar-refractivity contribution in [3.8, 4) is 0 Å². The van der Waals surface area contributed by atoms with Crippen LogP contribution in [0.3, 0.4) is 0 Å². The van der Waals surface area contributed by atoms with Crippen molar-refractivity contribution in [2.24, 2.45) is 0 Å². The van der Waals surface area contributed by atoms with Crippen molar-refractivity contribution in [2.75, 3.05) is 13.2 Å². The van der Waals surface area contributed by atoms with Crippen LogP contribution in [0.4, 0.5) is 8.78 Å². The number of amides is 1. The summed E-state index contributed by atoms with van der Waals surface area (Å²) in [6, 6.07) is 16.5. The summed E-state index contributed by atoms with van der Waals surface area (Å²) in [5.74, 6) is -1.74. The Hall–Kier alpha value is -3.13. The summed E-state index contributed by atoms with van der Waals surface area (Å²) in [7, 11) is 0. The number of fused-ring (bicyclic) bond motifs is 1. The van der Waals surface area contributed by atoms with Crippen LogP contribution in [-0.4, -0.2) is 36.3 Å². The van der Waals surface area contributed by atoms with Gasteiger partial charge in [0.25, 0.3) is 5.91 Å². The van der Waals surface area contributed by atoms with Gasteiger partial charge in [0.15, 0.2) is 0 Å². The molecule has 0 aliphatic carbocycles. The fraction of sp³-hybridized carbons (Fsp3) is 0.457. The van der Waals surface area contributed by atoms with Gasteiger partial charge in [0.05, 0.1) is 24.4 Å². The predicted molar refractivity (Wildman–Crippen MR) is 162 cm³/mol. The second-order valence-electron chi connectivity index (χ2n) is 11.4. The minimum absolute atomic E-state index is 0.0677. The van der Waals surface area contributed by atoms with Crippen LogP contribution < -0.4 is 10.6 Å². The van der Waals surface area contributed by atoms with E-state index in [-0.39, 0.29) is 18.9 Å². The molecule has 0 radical (unpaired) electrons. The second-order valence-corrected chi connectivity index (χ2v) is 11.4. The van der Waals surface area contributed by atoms with E-state index in [9.17, 15) is 18.7 Å². The van der Waals surface area contributed by atoms with Crippen LogP contribution in [0.15, 0.2) is 60.7 Å². The molecule has 3 aromatic carbocycles. The Bertz CT molecular complexity index is 1320. The molecule has 1 heterocycles. The van der Waals surface area contributed by atoms with Gasteiger partial charge in [-0.05, 0) is 84.2 Å². The summed E-state index contributed by atoms with van der Waals surface area (Å²) in [6.45, 7) is 7.77. The maximum atomic E-state index is 14.0. The van der Waals surface area contributed by atoms with E-state index in [1.165, 1.54) is 23.3 Å². The third-order valence-corrected chi connectivity index (χ3v) is 8.16. The number of hydrogen-bond donors (Lipinski definition) is 3. The number of benzene rings is 3. The van der Waals surface area contributed by atoms with Crippen LogP contribution in [0.25, 0.3) is 0 Å². The molecular weight excluding hydrogens is 534 g/mol. The van der Waals surface area contributed by atoms with E-state index in [0.717, 1.165) is 55.7 Å². The van der Waals surface area contributed by atoms with Gasteiger partial charge in [-0.2, -0.15) is 0 Å². The minimum Gasteiger partial charge on any atom is -0.390 e. The Balaban J connectivity index is 1.54. The molecule has 1 aliphatic heterocycles. The Labute approximate surface area is 248 Å². The smallest absolute Gasteiger partial charge is 0.251 e. The number of aliphatic hydroxyl groups excluding tert-OH is 1. The van der Waals surface area contributed by atoms with Gasteiger partial charge < -0.3 is 20.5 Å². The molecular formula is C35H44F2N2O3. The first-order valence-corrected chi connectivity index (χ1v) is 15.3. The van der Waals surface area contributed by atoms with Gasteiger partial charge in [0.2, 0.25) is 0 Å². The van der Waals surface area contributed by atoms with Gasteiger partial charge in [-0.25, -0.2) is 8.78 Å². The fourth-order valence-corrected chi connectivity index (χ4v) is 6.12. The molecule has 2 atom stereocenters. The average molecular weight is 579 g/mol. The highest BCUT2D eigenvalue weighted by atomic mass is 19.1. The number of nitrogens with one attached hydrogen (secondary N) is 2. The third-order valence-electron chi connectivity index (χ3n) is 8.16. The molecule has 0 saturated heterocycles. The molecule has 0 aromatic heterocycles. The number of hydrogen-bond acceptors (Lipinski definition) is 4. The maximum Gasteiger partial charge on any atom is 0.251 e. The molecule has 1 aliphatic rings. The van der Waals surface area contributed by atoms with Crippen LogP contribution in [0.2, 0.25) is 0 Å². The summed E-state index contributed by atoms with van der Waals surface area (Å²) in [4.78, 5) is 13.6. The minimum atomic E-state index is -1.00. The highest BCUT2D eigenvalue weighted by molar-refractivity contribution is 5.94. The summed E-state index contributed by atoms with van der Waals surface area (Å²) >= 11 is 0. The van der Waals surface area contributed by atoms with E-state index in [1.807, 2.05) is 30.3 Å². The van der Waals surface area contributed by atoms with Gasteiger partial charge >= 0.3 is 0 Å². The van der Waals surface area contributed by atoms with E-state index >= 15 is 0 Å². The molecule has 3 N–H and O–H groups in total. The summed E-state index contributed by atoms with van der Waals surface area (Å²) in [5.41, 5.74) is 5.00. The molecule has 1 amide bonds. The van der Waals surface area contributed by atoms with Crippen molar-refractivity contribution in [3.63, 3.8) is 0 Å². The zero-order valence-electron chi connectivity index (χ0n) is 25.0. The Kier molecular flexibility index (Phi) is 11.2. The quantitative estimate of drug-likeness (QED) is 0.207. The highest BCUT2D eigenvalue weighted by Gasteiger charge is 2.37. The first-order valence-electron chi connectivity index (χ1n) is 15.3. The molecule has 0 saturated carbocycles. The van der Waals surface area contributed by atoms with Crippen molar-refractivity contribution in [2.45, 2.75) is 90.0 Å². The van der Waals surface area contributed by atoms with Crippen LogP contribution >= 0.6 is 0 Å². The monoisotopic (exact) mass is 578 g/mol. The van der Waals surface area contributed by atoms with Crippen LogP contribution in [0.5, 0.6) is 0 Å². The van der Waals surface area contributed by atoms with Crippen molar-refractivity contribution in [1.82, 2.24) is 10.6 Å². The van der Waals surface area contributed by atoms with Crippen molar-refractivity contribution < 1.29 is 23.4 Å². The topological polar surface area (TPSA) is 70.6 Å². The lowest BCUT2D eigenvalue weighted by atomic mass is 9.79. The molecule has 0 unspecified atom stereocenters. The van der Waals surface area contributed by atoms with E-state index in [1.54, 1.807) is 0 Å². The number of carbonyl (C=O) groups excluding carboxylic acids is 1. The standard InChI is InChI=1S/C35H44F2N2O3/c1-4-13-35(14-5-2)31-20-28(11-10-27(31)12-15-42-35)34(41)39-32(19-26-17-29(36)21-30(37)18-26)33(40)23-38-22-25-9-7-8-24(6-3)16-25/h7-11,16-18,20-21,32-33,38,40H,4-6,12-15,19,22-23H2,1-3H3,(H,39,41)/t32-,33+/m0/s1. The Morgan fingerprint density at radius 2 is 1.67 bits per heavy atom. The SMILES string of the molecule is CCCC1(CCC)OCCc2ccc(C(=O)N[C@@H](Cc3cc(F)cc(F)c3)[C@H](O)CNCc3cccc(CC)c3)cc21. The summed E-state index contributed by atoms with van der Waals surface area (Å²) < 4.78 is 34.4. The van der Waals surface area contributed by atoms with Crippen LogP contribution in [0, 0.1) is 11.6 Å². The Morgan fingerprint density at radius 1 is 0.952 bits per heavy atom. The van der Waals surface area contributed by atoms with E-state index in [4.69, 9.17) is 4.74 Å².